The topological polar surface area (TPSA) is 17.1 Å². The van der Waals surface area contributed by atoms with Crippen molar-refractivity contribution in [2.75, 3.05) is 0 Å². The largest absolute Gasteiger partial charge is 0.287 e. The number of halogens is 3. The highest BCUT2D eigenvalue weighted by molar-refractivity contribution is 7.14. The van der Waals surface area contributed by atoms with E-state index in [9.17, 15) is 18.0 Å². The lowest BCUT2D eigenvalue weighted by molar-refractivity contribution is 0.103. The molecule has 1 aromatic heterocycles. The van der Waals surface area contributed by atoms with Crippen LogP contribution in [0.15, 0.2) is 18.2 Å². The van der Waals surface area contributed by atoms with Gasteiger partial charge in [0.15, 0.2) is 0 Å². The Hall–Kier alpha value is -1.62. The first kappa shape index (κ1) is 12.8. The predicted octanol–water partition coefficient (Wildman–Crippen LogP) is 4.01. The summed E-state index contributed by atoms with van der Waals surface area (Å²) in [5, 5.41) is 0. The number of rotatable bonds is 2. The van der Waals surface area contributed by atoms with Gasteiger partial charge in [-0.25, -0.2) is 13.2 Å². The highest BCUT2D eigenvalue weighted by Gasteiger charge is 2.23. The van der Waals surface area contributed by atoms with Gasteiger partial charge in [-0.2, -0.15) is 0 Å². The van der Waals surface area contributed by atoms with Crippen LogP contribution in [0.2, 0.25) is 0 Å². The molecule has 2 aromatic rings. The molecule has 0 unspecified atom stereocenters. The third-order valence-electron chi connectivity index (χ3n) is 2.48. The van der Waals surface area contributed by atoms with E-state index in [0.717, 1.165) is 16.2 Å². The molecule has 94 valence electrons. The first-order valence-corrected chi connectivity index (χ1v) is 5.98. The Labute approximate surface area is 106 Å². The molecule has 0 aliphatic carbocycles. The van der Waals surface area contributed by atoms with Crippen molar-refractivity contribution in [1.82, 2.24) is 0 Å². The average molecular weight is 270 g/mol. The maximum absolute atomic E-state index is 13.5. The summed E-state index contributed by atoms with van der Waals surface area (Å²) < 4.78 is 39.7. The standard InChI is InChI=1S/C13H9F3OS/c1-6-3-7(2)18-13(6)12(17)11-9(15)4-8(14)5-10(11)16/h3-5H,1-2H3. The molecule has 2 rings (SSSR count). The fraction of sp³-hybridized carbons (Fsp3) is 0.154. The fourth-order valence-electron chi connectivity index (χ4n) is 1.74. The second kappa shape index (κ2) is 4.57. The zero-order valence-electron chi connectivity index (χ0n) is 9.68. The SMILES string of the molecule is Cc1cc(C)c(C(=O)c2c(F)cc(F)cc2F)s1. The van der Waals surface area contributed by atoms with Gasteiger partial charge in [0.2, 0.25) is 5.78 Å². The molecule has 1 nitrogen and oxygen atoms in total. The molecule has 0 atom stereocenters. The summed E-state index contributed by atoms with van der Waals surface area (Å²) in [6, 6.07) is 2.77. The second-order valence-corrected chi connectivity index (χ2v) is 5.20. The van der Waals surface area contributed by atoms with Crippen molar-refractivity contribution in [3.63, 3.8) is 0 Å². The summed E-state index contributed by atoms with van der Waals surface area (Å²) in [6.07, 6.45) is 0. The minimum absolute atomic E-state index is 0.275. The lowest BCUT2D eigenvalue weighted by Gasteiger charge is -2.03. The van der Waals surface area contributed by atoms with Gasteiger partial charge in [-0.3, -0.25) is 4.79 Å². The number of hydrogen-bond donors (Lipinski definition) is 0. The van der Waals surface area contributed by atoms with Gasteiger partial charge >= 0.3 is 0 Å². The van der Waals surface area contributed by atoms with Crippen LogP contribution >= 0.6 is 11.3 Å². The number of aryl methyl sites for hydroxylation is 2. The van der Waals surface area contributed by atoms with Gasteiger partial charge < -0.3 is 0 Å². The summed E-state index contributed by atoms with van der Waals surface area (Å²) in [5.74, 6) is -4.15. The van der Waals surface area contributed by atoms with Crippen LogP contribution in [-0.4, -0.2) is 5.78 Å². The van der Waals surface area contributed by atoms with E-state index in [1.54, 1.807) is 19.9 Å². The Balaban J connectivity index is 2.56. The van der Waals surface area contributed by atoms with Gasteiger partial charge in [0.25, 0.3) is 0 Å². The normalized spacial score (nSPS) is 10.7. The van der Waals surface area contributed by atoms with Crippen LogP contribution in [0.3, 0.4) is 0 Å². The fourth-order valence-corrected chi connectivity index (χ4v) is 2.71. The van der Waals surface area contributed by atoms with Crippen LogP contribution in [0.4, 0.5) is 13.2 Å². The minimum Gasteiger partial charge on any atom is -0.287 e. The van der Waals surface area contributed by atoms with Crippen molar-refractivity contribution in [2.24, 2.45) is 0 Å². The summed E-state index contributed by atoms with van der Waals surface area (Å²) in [7, 11) is 0. The van der Waals surface area contributed by atoms with Gasteiger partial charge in [0.05, 0.1) is 10.4 Å². The lowest BCUT2D eigenvalue weighted by Crippen LogP contribution is -2.07. The molecule has 0 aliphatic rings. The van der Waals surface area contributed by atoms with Crippen molar-refractivity contribution >= 4 is 17.1 Å². The second-order valence-electron chi connectivity index (χ2n) is 3.94. The van der Waals surface area contributed by atoms with Crippen molar-refractivity contribution in [1.29, 1.82) is 0 Å². The van der Waals surface area contributed by atoms with E-state index >= 15 is 0 Å². The highest BCUT2D eigenvalue weighted by atomic mass is 32.1. The quantitative estimate of drug-likeness (QED) is 0.753. The van der Waals surface area contributed by atoms with E-state index in [1.807, 2.05) is 0 Å². The van der Waals surface area contributed by atoms with Crippen molar-refractivity contribution in [3.8, 4) is 0 Å². The Kier molecular flexibility index (Phi) is 3.26. The monoisotopic (exact) mass is 270 g/mol. The summed E-state index contributed by atoms with van der Waals surface area (Å²) in [4.78, 5) is 13.2. The van der Waals surface area contributed by atoms with Gasteiger partial charge in [-0.1, -0.05) is 0 Å². The summed E-state index contributed by atoms with van der Waals surface area (Å²) >= 11 is 1.16. The van der Waals surface area contributed by atoms with E-state index in [1.165, 1.54) is 0 Å². The van der Waals surface area contributed by atoms with Gasteiger partial charge in [0.1, 0.15) is 17.5 Å². The number of benzene rings is 1. The number of ketones is 1. The lowest BCUT2D eigenvalue weighted by atomic mass is 10.1. The maximum atomic E-state index is 13.5. The molecule has 0 saturated carbocycles. The predicted molar refractivity (Wildman–Crippen MR) is 63.5 cm³/mol. The summed E-state index contributed by atoms with van der Waals surface area (Å²) in [6.45, 7) is 3.49. The number of hydrogen-bond acceptors (Lipinski definition) is 2. The molecule has 0 radical (unpaired) electrons. The first-order chi connectivity index (χ1) is 8.40. The third-order valence-corrected chi connectivity index (χ3v) is 3.63. The zero-order valence-corrected chi connectivity index (χ0v) is 10.5. The molecule has 5 heteroatoms. The molecule has 0 N–H and O–H groups in total. The Bertz CT molecular complexity index is 608. The molecule has 0 spiro atoms. The van der Waals surface area contributed by atoms with Crippen LogP contribution in [0, 0.1) is 31.3 Å². The van der Waals surface area contributed by atoms with Gasteiger partial charge in [-0.15, -0.1) is 11.3 Å². The molecule has 1 aromatic carbocycles. The molecule has 0 fully saturated rings. The van der Waals surface area contributed by atoms with Crippen LogP contribution < -0.4 is 0 Å². The Morgan fingerprint density at radius 3 is 2.06 bits per heavy atom. The molecule has 1 heterocycles. The number of carbonyl (C=O) groups excluding carboxylic acids is 1. The Morgan fingerprint density at radius 2 is 1.61 bits per heavy atom. The summed E-state index contributed by atoms with van der Waals surface area (Å²) in [5.41, 5.74) is -0.0491. The average Bonchev–Trinajstić information content (AvgIpc) is 2.56. The van der Waals surface area contributed by atoms with Crippen LogP contribution in [0.1, 0.15) is 25.7 Å². The Morgan fingerprint density at radius 1 is 1.06 bits per heavy atom. The van der Waals surface area contributed by atoms with E-state index in [-0.39, 0.29) is 4.88 Å². The van der Waals surface area contributed by atoms with E-state index in [0.29, 0.717) is 17.7 Å². The zero-order chi connectivity index (χ0) is 13.4. The maximum Gasteiger partial charge on any atom is 0.209 e. The molecule has 0 amide bonds. The first-order valence-electron chi connectivity index (χ1n) is 5.16. The van der Waals surface area contributed by atoms with Crippen molar-refractivity contribution in [3.05, 3.63) is 56.5 Å². The number of carbonyl (C=O) groups is 1. The van der Waals surface area contributed by atoms with E-state index in [2.05, 4.69) is 0 Å². The third kappa shape index (κ3) is 2.18. The van der Waals surface area contributed by atoms with Crippen LogP contribution in [-0.2, 0) is 0 Å². The highest BCUT2D eigenvalue weighted by Crippen LogP contribution is 2.26. The molecule has 18 heavy (non-hydrogen) atoms. The van der Waals surface area contributed by atoms with Crippen LogP contribution in [0.25, 0.3) is 0 Å². The van der Waals surface area contributed by atoms with Crippen molar-refractivity contribution in [2.45, 2.75) is 13.8 Å². The minimum atomic E-state index is -1.18. The molecule has 0 bridgehead atoms. The smallest absolute Gasteiger partial charge is 0.209 e. The van der Waals surface area contributed by atoms with Crippen molar-refractivity contribution < 1.29 is 18.0 Å². The number of thiophene rings is 1. The molecule has 0 aliphatic heterocycles. The van der Waals surface area contributed by atoms with E-state index in [4.69, 9.17) is 0 Å². The molecule has 0 saturated heterocycles. The van der Waals surface area contributed by atoms with Gasteiger partial charge in [0, 0.05) is 17.0 Å². The van der Waals surface area contributed by atoms with E-state index < -0.39 is 28.8 Å². The van der Waals surface area contributed by atoms with Crippen LogP contribution in [0.5, 0.6) is 0 Å². The molecular weight excluding hydrogens is 261 g/mol. The molecular formula is C13H9F3OS. The van der Waals surface area contributed by atoms with Gasteiger partial charge in [-0.05, 0) is 25.5 Å².